The van der Waals surface area contributed by atoms with Crippen LogP contribution in [0.2, 0.25) is 0 Å². The Bertz CT molecular complexity index is 481. The lowest BCUT2D eigenvalue weighted by atomic mass is 10.0. The molecule has 116 valence electrons. The van der Waals surface area contributed by atoms with Gasteiger partial charge in [0, 0.05) is 19.5 Å². The highest BCUT2D eigenvalue weighted by Gasteiger charge is 2.20. The molecule has 1 fully saturated rings. The molecule has 1 amide bonds. The highest BCUT2D eigenvalue weighted by Crippen LogP contribution is 2.25. The molecule has 0 radical (unpaired) electrons. The van der Waals surface area contributed by atoms with Gasteiger partial charge in [0.1, 0.15) is 0 Å². The molecule has 1 aliphatic heterocycles. The number of carbonyl (C=O) groups is 1. The van der Waals surface area contributed by atoms with E-state index in [1.807, 2.05) is 4.90 Å². The Morgan fingerprint density at radius 2 is 1.86 bits per heavy atom. The standard InChI is InChI=1S/C16H23NO4/c18-13-7-9-17(10-8-13)16(21)4-2-1-3-12-5-6-14(19)15(20)11-12/h5-6,11,13,18-20H,1-4,7-10H2. The van der Waals surface area contributed by atoms with Crippen LogP contribution in [-0.2, 0) is 11.2 Å². The van der Waals surface area contributed by atoms with E-state index in [9.17, 15) is 20.1 Å². The van der Waals surface area contributed by atoms with E-state index >= 15 is 0 Å². The van der Waals surface area contributed by atoms with Crippen LogP contribution in [0.1, 0.15) is 37.7 Å². The monoisotopic (exact) mass is 293 g/mol. The number of benzene rings is 1. The zero-order valence-corrected chi connectivity index (χ0v) is 12.2. The Morgan fingerprint density at radius 3 is 2.52 bits per heavy atom. The van der Waals surface area contributed by atoms with Crippen molar-refractivity contribution in [2.75, 3.05) is 13.1 Å². The molecule has 0 spiro atoms. The lowest BCUT2D eigenvalue weighted by Crippen LogP contribution is -2.39. The summed E-state index contributed by atoms with van der Waals surface area (Å²) >= 11 is 0. The number of carbonyl (C=O) groups excluding carboxylic acids is 1. The Kier molecular flexibility index (Phi) is 5.44. The Hall–Kier alpha value is -1.75. The number of nitrogens with zero attached hydrogens (tertiary/aromatic N) is 1. The molecule has 0 unspecified atom stereocenters. The summed E-state index contributed by atoms with van der Waals surface area (Å²) in [6, 6.07) is 4.82. The van der Waals surface area contributed by atoms with Crippen LogP contribution in [-0.4, -0.2) is 45.3 Å². The summed E-state index contributed by atoms with van der Waals surface area (Å²) in [6.45, 7) is 1.32. The highest BCUT2D eigenvalue weighted by atomic mass is 16.3. The number of phenols is 2. The quantitative estimate of drug-likeness (QED) is 0.571. The lowest BCUT2D eigenvalue weighted by molar-refractivity contribution is -0.133. The molecule has 21 heavy (non-hydrogen) atoms. The fraction of sp³-hybridized carbons (Fsp3) is 0.562. The summed E-state index contributed by atoms with van der Waals surface area (Å²) < 4.78 is 0. The Morgan fingerprint density at radius 1 is 1.14 bits per heavy atom. The minimum atomic E-state index is -0.253. The summed E-state index contributed by atoms with van der Waals surface area (Å²) in [5.41, 5.74) is 0.957. The third kappa shape index (κ3) is 4.63. The summed E-state index contributed by atoms with van der Waals surface area (Å²) in [7, 11) is 0. The number of aliphatic hydroxyl groups excluding tert-OH is 1. The average molecular weight is 293 g/mol. The van der Waals surface area contributed by atoms with Crippen molar-refractivity contribution in [3.63, 3.8) is 0 Å². The molecule has 1 saturated heterocycles. The molecule has 1 aliphatic rings. The van der Waals surface area contributed by atoms with Crippen molar-refractivity contribution in [2.24, 2.45) is 0 Å². The zero-order chi connectivity index (χ0) is 15.2. The predicted molar refractivity (Wildman–Crippen MR) is 79.1 cm³/mol. The van der Waals surface area contributed by atoms with E-state index in [-0.39, 0.29) is 23.5 Å². The molecule has 5 nitrogen and oxygen atoms in total. The van der Waals surface area contributed by atoms with Crippen LogP contribution in [0.25, 0.3) is 0 Å². The number of unbranched alkanes of at least 4 members (excludes halogenated alkanes) is 1. The van der Waals surface area contributed by atoms with Gasteiger partial charge >= 0.3 is 0 Å². The molecule has 2 rings (SSSR count). The number of aryl methyl sites for hydroxylation is 1. The summed E-state index contributed by atoms with van der Waals surface area (Å²) in [4.78, 5) is 13.8. The number of hydrogen-bond donors (Lipinski definition) is 3. The summed E-state index contributed by atoms with van der Waals surface area (Å²) in [5.74, 6) is -0.0490. The second kappa shape index (κ2) is 7.31. The molecule has 0 aliphatic carbocycles. The molecular weight excluding hydrogens is 270 g/mol. The smallest absolute Gasteiger partial charge is 0.222 e. The van der Waals surface area contributed by atoms with E-state index in [2.05, 4.69) is 0 Å². The number of aromatic hydroxyl groups is 2. The fourth-order valence-corrected chi connectivity index (χ4v) is 2.60. The van der Waals surface area contributed by atoms with Crippen LogP contribution in [0.3, 0.4) is 0 Å². The first-order chi connectivity index (χ1) is 10.1. The first-order valence-corrected chi connectivity index (χ1v) is 7.53. The fourth-order valence-electron chi connectivity index (χ4n) is 2.60. The van der Waals surface area contributed by atoms with Crippen LogP contribution in [0.15, 0.2) is 18.2 Å². The molecule has 1 aromatic rings. The van der Waals surface area contributed by atoms with Crippen molar-refractivity contribution in [3.8, 4) is 11.5 Å². The molecule has 0 aromatic heterocycles. The van der Waals surface area contributed by atoms with E-state index in [4.69, 9.17) is 0 Å². The maximum absolute atomic E-state index is 12.0. The number of likely N-dealkylation sites (tertiary alicyclic amines) is 1. The molecule has 3 N–H and O–H groups in total. The van der Waals surface area contributed by atoms with E-state index in [0.717, 1.165) is 24.8 Å². The topological polar surface area (TPSA) is 81.0 Å². The number of amides is 1. The molecular formula is C16H23NO4. The number of phenolic OH excluding ortho intramolecular Hbond substituents is 2. The highest BCUT2D eigenvalue weighted by molar-refractivity contribution is 5.76. The first-order valence-electron chi connectivity index (χ1n) is 7.53. The summed E-state index contributed by atoms with van der Waals surface area (Å²) in [6.07, 6.45) is 4.08. The third-order valence-corrected chi connectivity index (χ3v) is 3.96. The minimum Gasteiger partial charge on any atom is -0.504 e. The van der Waals surface area contributed by atoms with Gasteiger partial charge in [-0.05, 0) is 49.8 Å². The summed E-state index contributed by atoms with van der Waals surface area (Å²) in [5, 5.41) is 28.1. The van der Waals surface area contributed by atoms with Gasteiger partial charge in [-0.2, -0.15) is 0 Å². The largest absolute Gasteiger partial charge is 0.504 e. The minimum absolute atomic E-state index is 0.101. The Balaban J connectivity index is 1.67. The van der Waals surface area contributed by atoms with Crippen molar-refractivity contribution < 1.29 is 20.1 Å². The number of piperidine rings is 1. The second-order valence-electron chi connectivity index (χ2n) is 5.64. The van der Waals surface area contributed by atoms with E-state index in [1.54, 1.807) is 12.1 Å². The van der Waals surface area contributed by atoms with E-state index in [1.165, 1.54) is 6.07 Å². The van der Waals surface area contributed by atoms with Crippen LogP contribution in [0, 0.1) is 0 Å². The Labute approximate surface area is 124 Å². The van der Waals surface area contributed by atoms with Crippen molar-refractivity contribution >= 4 is 5.91 Å². The van der Waals surface area contributed by atoms with Crippen molar-refractivity contribution in [1.82, 2.24) is 4.90 Å². The van der Waals surface area contributed by atoms with Gasteiger partial charge in [-0.3, -0.25) is 4.79 Å². The SMILES string of the molecule is O=C(CCCCc1ccc(O)c(O)c1)N1CCC(O)CC1. The third-order valence-electron chi connectivity index (χ3n) is 3.96. The maximum atomic E-state index is 12.0. The number of rotatable bonds is 5. The van der Waals surface area contributed by atoms with Crippen molar-refractivity contribution in [1.29, 1.82) is 0 Å². The molecule has 5 heteroatoms. The van der Waals surface area contributed by atoms with Crippen LogP contribution >= 0.6 is 0 Å². The van der Waals surface area contributed by atoms with Gasteiger partial charge < -0.3 is 20.2 Å². The van der Waals surface area contributed by atoms with E-state index < -0.39 is 0 Å². The zero-order valence-electron chi connectivity index (χ0n) is 12.2. The van der Waals surface area contributed by atoms with Crippen LogP contribution in [0.4, 0.5) is 0 Å². The molecule has 1 heterocycles. The van der Waals surface area contributed by atoms with Gasteiger partial charge in [0.25, 0.3) is 0 Å². The molecule has 0 atom stereocenters. The average Bonchev–Trinajstić information content (AvgIpc) is 2.47. The molecule has 0 saturated carbocycles. The molecule has 1 aromatic carbocycles. The van der Waals surface area contributed by atoms with Gasteiger partial charge in [-0.15, -0.1) is 0 Å². The second-order valence-corrected chi connectivity index (χ2v) is 5.64. The van der Waals surface area contributed by atoms with Crippen molar-refractivity contribution in [3.05, 3.63) is 23.8 Å². The van der Waals surface area contributed by atoms with Gasteiger partial charge in [0.2, 0.25) is 5.91 Å². The first kappa shape index (κ1) is 15.6. The van der Waals surface area contributed by atoms with Crippen LogP contribution in [0.5, 0.6) is 11.5 Å². The maximum Gasteiger partial charge on any atom is 0.222 e. The van der Waals surface area contributed by atoms with Gasteiger partial charge in [-0.25, -0.2) is 0 Å². The normalized spacial score (nSPS) is 16.1. The van der Waals surface area contributed by atoms with Crippen LogP contribution < -0.4 is 0 Å². The van der Waals surface area contributed by atoms with Crippen molar-refractivity contribution in [2.45, 2.75) is 44.6 Å². The van der Waals surface area contributed by atoms with Gasteiger partial charge in [0.15, 0.2) is 11.5 Å². The number of hydrogen-bond acceptors (Lipinski definition) is 4. The number of aliphatic hydroxyl groups is 1. The predicted octanol–water partition coefficient (Wildman–Crippen LogP) is 1.79. The van der Waals surface area contributed by atoms with Gasteiger partial charge in [0.05, 0.1) is 6.10 Å². The van der Waals surface area contributed by atoms with Gasteiger partial charge in [-0.1, -0.05) is 6.07 Å². The lowest BCUT2D eigenvalue weighted by Gasteiger charge is -2.29. The van der Waals surface area contributed by atoms with E-state index in [0.29, 0.717) is 32.4 Å². The molecule has 0 bridgehead atoms.